The van der Waals surface area contributed by atoms with E-state index in [4.69, 9.17) is 10.5 Å². The van der Waals surface area contributed by atoms with Gasteiger partial charge in [0.05, 0.1) is 6.61 Å². The van der Waals surface area contributed by atoms with E-state index in [1.54, 1.807) is 0 Å². The highest BCUT2D eigenvalue weighted by atomic mass is 35.5. The van der Waals surface area contributed by atoms with Crippen LogP contribution in [0.2, 0.25) is 0 Å². The predicted octanol–water partition coefficient (Wildman–Crippen LogP) is 3.19. The summed E-state index contributed by atoms with van der Waals surface area (Å²) in [6, 6.07) is 7.39. The van der Waals surface area contributed by atoms with Crippen LogP contribution in [0.3, 0.4) is 0 Å². The summed E-state index contributed by atoms with van der Waals surface area (Å²) in [6.45, 7) is 2.58. The van der Waals surface area contributed by atoms with Crippen molar-refractivity contribution in [3.8, 4) is 0 Å². The Balaban J connectivity index is 0.00000220. The van der Waals surface area contributed by atoms with Gasteiger partial charge in [-0.25, -0.2) is 0 Å². The van der Waals surface area contributed by atoms with Crippen molar-refractivity contribution in [1.82, 2.24) is 4.98 Å². The Labute approximate surface area is 131 Å². The number of halogens is 1. The highest BCUT2D eigenvalue weighted by Gasteiger charge is 2.17. The van der Waals surface area contributed by atoms with E-state index in [0.717, 1.165) is 35.7 Å². The van der Waals surface area contributed by atoms with Crippen molar-refractivity contribution in [1.29, 1.82) is 0 Å². The molecular formula is C16H23ClN2O2. The first-order valence-electron chi connectivity index (χ1n) is 7.19. The Hall–Kier alpha value is -1.52. The number of hydrogen-bond donors (Lipinski definition) is 2. The molecule has 3 N–H and O–H groups in total. The zero-order valence-corrected chi connectivity index (χ0v) is 13.1. The van der Waals surface area contributed by atoms with Gasteiger partial charge in [0.1, 0.15) is 6.04 Å². The van der Waals surface area contributed by atoms with Gasteiger partial charge < -0.3 is 15.5 Å². The zero-order chi connectivity index (χ0) is 14.4. The Morgan fingerprint density at radius 3 is 2.86 bits per heavy atom. The monoisotopic (exact) mass is 310 g/mol. The number of fused-ring (bicyclic) bond motifs is 1. The van der Waals surface area contributed by atoms with Crippen molar-refractivity contribution in [2.75, 3.05) is 6.61 Å². The lowest BCUT2D eigenvalue weighted by Crippen LogP contribution is -2.34. The maximum absolute atomic E-state index is 11.8. The van der Waals surface area contributed by atoms with Crippen molar-refractivity contribution in [2.24, 2.45) is 5.73 Å². The number of aromatic nitrogens is 1. The summed E-state index contributed by atoms with van der Waals surface area (Å²) in [5.41, 5.74) is 8.04. The standard InChI is InChI=1S/C16H22N2O2.ClH/c1-2-3-6-9-20-16(19)14(17)10-12-11-18-15-8-5-4-7-13(12)15;/h4-5,7-8,11,14,18H,2-3,6,9-10,17H2,1H3;1H/t14-;/m0./s1. The van der Waals surface area contributed by atoms with E-state index in [9.17, 15) is 4.79 Å². The number of hydrogen-bond acceptors (Lipinski definition) is 3. The molecule has 0 aliphatic rings. The number of aromatic amines is 1. The van der Waals surface area contributed by atoms with E-state index >= 15 is 0 Å². The van der Waals surface area contributed by atoms with Gasteiger partial charge >= 0.3 is 5.97 Å². The molecule has 0 radical (unpaired) electrons. The summed E-state index contributed by atoms with van der Waals surface area (Å²) in [4.78, 5) is 15.0. The summed E-state index contributed by atoms with van der Waals surface area (Å²) in [7, 11) is 0. The molecule has 1 aromatic heterocycles. The Kier molecular flexibility index (Phi) is 7.26. The minimum Gasteiger partial charge on any atom is -0.465 e. The molecule has 0 bridgehead atoms. The third-order valence-electron chi connectivity index (χ3n) is 3.41. The fraction of sp³-hybridized carbons (Fsp3) is 0.438. The molecule has 0 saturated carbocycles. The first-order valence-corrected chi connectivity index (χ1v) is 7.19. The van der Waals surface area contributed by atoms with Crippen LogP contribution >= 0.6 is 12.4 Å². The van der Waals surface area contributed by atoms with Crippen LogP contribution < -0.4 is 5.73 Å². The number of unbranched alkanes of at least 4 members (excludes halogenated alkanes) is 2. The summed E-state index contributed by atoms with van der Waals surface area (Å²) < 4.78 is 5.19. The van der Waals surface area contributed by atoms with Gasteiger partial charge in [0.25, 0.3) is 0 Å². The van der Waals surface area contributed by atoms with Gasteiger partial charge in [0.15, 0.2) is 0 Å². The number of carbonyl (C=O) groups is 1. The molecule has 0 aliphatic carbocycles. The smallest absolute Gasteiger partial charge is 0.323 e. The fourth-order valence-electron chi connectivity index (χ4n) is 2.25. The number of nitrogens with two attached hydrogens (primary N) is 1. The van der Waals surface area contributed by atoms with Crippen molar-refractivity contribution >= 4 is 29.3 Å². The third kappa shape index (κ3) is 4.76. The van der Waals surface area contributed by atoms with Crippen LogP contribution in [-0.4, -0.2) is 23.6 Å². The summed E-state index contributed by atoms with van der Waals surface area (Å²) in [6.07, 6.45) is 5.50. The van der Waals surface area contributed by atoms with Crippen LogP contribution in [0.1, 0.15) is 31.7 Å². The SMILES string of the molecule is CCCCCOC(=O)[C@@H](N)Cc1c[nH]c2ccccc12.Cl. The molecular weight excluding hydrogens is 288 g/mol. The molecule has 0 saturated heterocycles. The first-order chi connectivity index (χ1) is 9.72. The molecule has 2 rings (SSSR count). The largest absolute Gasteiger partial charge is 0.465 e. The van der Waals surface area contributed by atoms with Crippen molar-refractivity contribution < 1.29 is 9.53 Å². The molecule has 2 aromatic rings. The number of rotatable bonds is 7. The number of para-hydroxylation sites is 1. The fourth-order valence-corrected chi connectivity index (χ4v) is 2.25. The topological polar surface area (TPSA) is 68.1 Å². The Morgan fingerprint density at radius 1 is 1.33 bits per heavy atom. The number of H-pyrrole nitrogens is 1. The number of nitrogens with one attached hydrogen (secondary N) is 1. The van der Waals surface area contributed by atoms with Crippen molar-refractivity contribution in [2.45, 2.75) is 38.6 Å². The van der Waals surface area contributed by atoms with Gasteiger partial charge in [0, 0.05) is 23.5 Å². The first kappa shape index (κ1) is 17.5. The lowest BCUT2D eigenvalue weighted by atomic mass is 10.1. The van der Waals surface area contributed by atoms with E-state index in [1.807, 2.05) is 30.5 Å². The van der Waals surface area contributed by atoms with E-state index in [-0.39, 0.29) is 18.4 Å². The van der Waals surface area contributed by atoms with Crippen molar-refractivity contribution in [3.63, 3.8) is 0 Å². The Bertz CT molecular complexity index is 568. The molecule has 0 unspecified atom stereocenters. The van der Waals surface area contributed by atoms with E-state index in [1.165, 1.54) is 0 Å². The molecule has 21 heavy (non-hydrogen) atoms. The summed E-state index contributed by atoms with van der Waals surface area (Å²) in [5.74, 6) is -0.314. The minimum atomic E-state index is -0.601. The van der Waals surface area contributed by atoms with Crippen LogP contribution in [0.5, 0.6) is 0 Å². The maximum atomic E-state index is 11.8. The lowest BCUT2D eigenvalue weighted by molar-refractivity contribution is -0.145. The van der Waals surface area contributed by atoms with E-state index in [0.29, 0.717) is 13.0 Å². The molecule has 1 aromatic carbocycles. The van der Waals surface area contributed by atoms with Crippen LogP contribution in [-0.2, 0) is 16.0 Å². The van der Waals surface area contributed by atoms with Gasteiger partial charge in [-0.15, -0.1) is 12.4 Å². The lowest BCUT2D eigenvalue weighted by Gasteiger charge is -2.11. The van der Waals surface area contributed by atoms with Crippen molar-refractivity contribution in [3.05, 3.63) is 36.0 Å². The highest BCUT2D eigenvalue weighted by Crippen LogP contribution is 2.18. The molecule has 0 fully saturated rings. The van der Waals surface area contributed by atoms with E-state index < -0.39 is 6.04 Å². The maximum Gasteiger partial charge on any atom is 0.323 e. The number of ether oxygens (including phenoxy) is 1. The normalized spacial score (nSPS) is 11.9. The van der Waals surface area contributed by atoms with E-state index in [2.05, 4.69) is 11.9 Å². The molecule has 0 aliphatic heterocycles. The van der Waals surface area contributed by atoms with Gasteiger partial charge in [-0.3, -0.25) is 4.79 Å². The molecule has 1 heterocycles. The van der Waals surface area contributed by atoms with Crippen LogP contribution in [0.15, 0.2) is 30.5 Å². The summed E-state index contributed by atoms with van der Waals surface area (Å²) >= 11 is 0. The third-order valence-corrected chi connectivity index (χ3v) is 3.41. The molecule has 4 nitrogen and oxygen atoms in total. The van der Waals surface area contributed by atoms with Gasteiger partial charge in [0.2, 0.25) is 0 Å². The average molecular weight is 311 g/mol. The zero-order valence-electron chi connectivity index (χ0n) is 12.3. The number of benzene rings is 1. The minimum absolute atomic E-state index is 0. The molecule has 116 valence electrons. The van der Waals surface area contributed by atoms with Gasteiger partial charge in [-0.1, -0.05) is 38.0 Å². The molecule has 0 amide bonds. The second-order valence-electron chi connectivity index (χ2n) is 5.04. The Morgan fingerprint density at radius 2 is 2.10 bits per heavy atom. The summed E-state index contributed by atoms with van der Waals surface area (Å²) in [5, 5.41) is 1.11. The predicted molar refractivity (Wildman–Crippen MR) is 87.7 cm³/mol. The molecule has 5 heteroatoms. The van der Waals surface area contributed by atoms with Crippen LogP contribution in [0.4, 0.5) is 0 Å². The van der Waals surface area contributed by atoms with Crippen LogP contribution in [0, 0.1) is 0 Å². The second-order valence-corrected chi connectivity index (χ2v) is 5.04. The molecule has 0 spiro atoms. The highest BCUT2D eigenvalue weighted by molar-refractivity contribution is 5.85. The second kappa shape index (κ2) is 8.70. The van der Waals surface area contributed by atoms with Crippen LogP contribution in [0.25, 0.3) is 10.9 Å². The quantitative estimate of drug-likeness (QED) is 0.609. The molecule has 1 atom stereocenters. The number of carbonyl (C=O) groups excluding carboxylic acids is 1. The average Bonchev–Trinajstić information content (AvgIpc) is 2.87. The van der Waals surface area contributed by atoms with Gasteiger partial charge in [-0.05, 0) is 18.1 Å². The van der Waals surface area contributed by atoms with Gasteiger partial charge in [-0.2, -0.15) is 0 Å². The number of esters is 1.